The number of halogens is 1. The van der Waals surface area contributed by atoms with Gasteiger partial charge in [-0.1, -0.05) is 48.0 Å². The molecule has 2 aromatic carbocycles. The average Bonchev–Trinajstić information content (AvgIpc) is 3.25. The zero-order valence-corrected chi connectivity index (χ0v) is 18.0. The molecule has 1 amide bonds. The van der Waals surface area contributed by atoms with Crippen LogP contribution >= 0.6 is 11.6 Å². The number of benzene rings is 2. The second-order valence-electron chi connectivity index (χ2n) is 7.68. The summed E-state index contributed by atoms with van der Waals surface area (Å²) in [5.41, 5.74) is 3.92. The molecule has 32 heavy (non-hydrogen) atoms. The lowest BCUT2D eigenvalue weighted by atomic mass is 9.91. The topological polar surface area (TPSA) is 78.4 Å². The van der Waals surface area contributed by atoms with Crippen LogP contribution in [0.4, 0.5) is 0 Å². The normalized spacial score (nSPS) is 15.8. The van der Waals surface area contributed by atoms with E-state index in [0.717, 1.165) is 22.1 Å². The van der Waals surface area contributed by atoms with Crippen molar-refractivity contribution in [2.24, 2.45) is 5.10 Å². The molecule has 0 saturated carbocycles. The highest BCUT2D eigenvalue weighted by molar-refractivity contribution is 6.31. The highest BCUT2D eigenvalue weighted by Gasteiger charge is 2.34. The third-order valence-electron chi connectivity index (χ3n) is 5.63. The van der Waals surface area contributed by atoms with Gasteiger partial charge in [0.1, 0.15) is 0 Å². The summed E-state index contributed by atoms with van der Waals surface area (Å²) in [7, 11) is 0. The molecule has 158 valence electrons. The lowest BCUT2D eigenvalue weighted by Gasteiger charge is -2.19. The van der Waals surface area contributed by atoms with Crippen molar-refractivity contribution in [1.29, 1.82) is 0 Å². The Morgan fingerprint density at radius 1 is 1.09 bits per heavy atom. The Kier molecular flexibility index (Phi) is 5.07. The summed E-state index contributed by atoms with van der Waals surface area (Å²) in [5.74, 6) is -0.199. The average molecular weight is 443 g/mol. The van der Waals surface area contributed by atoms with Crippen LogP contribution in [0.1, 0.15) is 30.5 Å². The fourth-order valence-electron chi connectivity index (χ4n) is 4.23. The molecule has 0 spiro atoms. The van der Waals surface area contributed by atoms with Crippen molar-refractivity contribution in [2.45, 2.75) is 19.4 Å². The van der Waals surface area contributed by atoms with E-state index in [2.05, 4.69) is 15.1 Å². The molecule has 7 heteroatoms. The van der Waals surface area contributed by atoms with Gasteiger partial charge < -0.3 is 4.98 Å². The number of hydrogen-bond acceptors (Lipinski definition) is 4. The van der Waals surface area contributed by atoms with Gasteiger partial charge in [-0.15, -0.1) is 0 Å². The zero-order valence-electron chi connectivity index (χ0n) is 17.2. The third-order valence-corrected chi connectivity index (χ3v) is 5.86. The Morgan fingerprint density at radius 2 is 1.91 bits per heavy atom. The van der Waals surface area contributed by atoms with Crippen molar-refractivity contribution in [1.82, 2.24) is 15.0 Å². The SMILES string of the molecule is CC(=O)N1N=C(c2c(-c3ccccc3)c3cc(Cl)ccc3[nH]c2=O)CC1c1cccnc1. The summed E-state index contributed by atoms with van der Waals surface area (Å²) < 4.78 is 0. The van der Waals surface area contributed by atoms with Crippen LogP contribution in [0.3, 0.4) is 0 Å². The molecule has 2 aromatic heterocycles. The number of rotatable bonds is 3. The summed E-state index contributed by atoms with van der Waals surface area (Å²) >= 11 is 6.32. The van der Waals surface area contributed by atoms with Gasteiger partial charge in [0, 0.05) is 47.2 Å². The number of aromatic nitrogens is 2. The van der Waals surface area contributed by atoms with E-state index in [0.29, 0.717) is 28.2 Å². The Morgan fingerprint density at radius 3 is 2.62 bits per heavy atom. The fourth-order valence-corrected chi connectivity index (χ4v) is 4.40. The lowest BCUT2D eigenvalue weighted by Crippen LogP contribution is -2.24. The van der Waals surface area contributed by atoms with Crippen LogP contribution < -0.4 is 5.56 Å². The van der Waals surface area contributed by atoms with Crippen molar-refractivity contribution in [3.63, 3.8) is 0 Å². The molecule has 4 aromatic rings. The number of pyridine rings is 2. The van der Waals surface area contributed by atoms with E-state index in [1.807, 2.05) is 48.5 Å². The highest BCUT2D eigenvalue weighted by Crippen LogP contribution is 2.37. The molecule has 6 nitrogen and oxygen atoms in total. The van der Waals surface area contributed by atoms with Gasteiger partial charge >= 0.3 is 0 Å². The maximum absolute atomic E-state index is 13.3. The third kappa shape index (κ3) is 3.48. The molecule has 3 heterocycles. The second-order valence-corrected chi connectivity index (χ2v) is 8.11. The molecular weight excluding hydrogens is 424 g/mol. The number of carbonyl (C=O) groups excluding carboxylic acids is 1. The summed E-state index contributed by atoms with van der Waals surface area (Å²) in [6, 6.07) is 18.5. The van der Waals surface area contributed by atoms with Crippen LogP contribution in [0.2, 0.25) is 5.02 Å². The van der Waals surface area contributed by atoms with Crippen LogP contribution in [0.25, 0.3) is 22.0 Å². The predicted molar refractivity (Wildman–Crippen MR) is 126 cm³/mol. The monoisotopic (exact) mass is 442 g/mol. The summed E-state index contributed by atoms with van der Waals surface area (Å²) in [5, 5.41) is 7.43. The molecule has 5 rings (SSSR count). The van der Waals surface area contributed by atoms with Gasteiger partial charge in [0.15, 0.2) is 0 Å². The van der Waals surface area contributed by atoms with Gasteiger partial charge in [-0.05, 0) is 35.4 Å². The molecule has 1 N–H and O–H groups in total. The Labute approximate surface area is 189 Å². The van der Waals surface area contributed by atoms with Crippen molar-refractivity contribution in [3.8, 4) is 11.1 Å². The number of carbonyl (C=O) groups is 1. The maximum atomic E-state index is 13.3. The van der Waals surface area contributed by atoms with Crippen molar-refractivity contribution in [2.75, 3.05) is 0 Å². The second kappa shape index (κ2) is 8.05. The number of H-pyrrole nitrogens is 1. The summed E-state index contributed by atoms with van der Waals surface area (Å²) in [6.07, 6.45) is 3.81. The van der Waals surface area contributed by atoms with E-state index in [1.54, 1.807) is 24.5 Å². The molecule has 0 fully saturated rings. The van der Waals surface area contributed by atoms with E-state index in [4.69, 9.17) is 11.6 Å². The van der Waals surface area contributed by atoms with Crippen LogP contribution in [0.15, 0.2) is 83.0 Å². The molecule has 0 bridgehead atoms. The van der Waals surface area contributed by atoms with Gasteiger partial charge in [-0.2, -0.15) is 5.10 Å². The fraction of sp³-hybridized carbons (Fsp3) is 0.120. The largest absolute Gasteiger partial charge is 0.321 e. The van der Waals surface area contributed by atoms with Gasteiger partial charge in [-0.25, -0.2) is 5.01 Å². The van der Waals surface area contributed by atoms with E-state index in [1.165, 1.54) is 11.9 Å². The number of hydrogen-bond donors (Lipinski definition) is 1. The van der Waals surface area contributed by atoms with E-state index >= 15 is 0 Å². The van der Waals surface area contributed by atoms with E-state index < -0.39 is 0 Å². The predicted octanol–water partition coefficient (Wildman–Crippen LogP) is 4.94. The molecule has 1 aliphatic heterocycles. The van der Waals surface area contributed by atoms with Gasteiger partial charge in [-0.3, -0.25) is 14.6 Å². The minimum atomic E-state index is -0.325. The van der Waals surface area contributed by atoms with Gasteiger partial charge in [0.2, 0.25) is 5.91 Å². The first-order valence-corrected chi connectivity index (χ1v) is 10.6. The van der Waals surface area contributed by atoms with Crippen LogP contribution in [-0.2, 0) is 4.79 Å². The molecule has 0 radical (unpaired) electrons. The summed E-state index contributed by atoms with van der Waals surface area (Å²) in [6.45, 7) is 1.47. The number of nitrogens with zero attached hydrogens (tertiary/aromatic N) is 3. The van der Waals surface area contributed by atoms with Crippen molar-refractivity contribution >= 4 is 34.1 Å². The first-order valence-electron chi connectivity index (χ1n) is 10.2. The van der Waals surface area contributed by atoms with E-state index in [-0.39, 0.29) is 17.5 Å². The molecule has 1 unspecified atom stereocenters. The maximum Gasteiger partial charge on any atom is 0.258 e. The molecule has 1 aliphatic rings. The van der Waals surface area contributed by atoms with Gasteiger partial charge in [0.25, 0.3) is 5.56 Å². The number of nitrogens with one attached hydrogen (secondary N) is 1. The Balaban J connectivity index is 1.76. The van der Waals surface area contributed by atoms with E-state index in [9.17, 15) is 9.59 Å². The highest BCUT2D eigenvalue weighted by atomic mass is 35.5. The van der Waals surface area contributed by atoms with Crippen molar-refractivity contribution < 1.29 is 4.79 Å². The molecule has 0 aliphatic carbocycles. The summed E-state index contributed by atoms with van der Waals surface area (Å²) in [4.78, 5) is 32.9. The number of fused-ring (bicyclic) bond motifs is 1. The van der Waals surface area contributed by atoms with Crippen LogP contribution in [0.5, 0.6) is 0 Å². The van der Waals surface area contributed by atoms with Crippen LogP contribution in [0, 0.1) is 0 Å². The minimum absolute atomic E-state index is 0.199. The molecule has 1 atom stereocenters. The number of hydrazone groups is 1. The van der Waals surface area contributed by atoms with Crippen LogP contribution in [-0.4, -0.2) is 26.6 Å². The Hall–Kier alpha value is -3.77. The van der Waals surface area contributed by atoms with Crippen molar-refractivity contribution in [3.05, 3.63) is 99.6 Å². The standard InChI is InChI=1S/C25H19ClN4O2/c1-15(31)30-22(17-8-5-11-27-14-17)13-21(29-30)24-23(16-6-3-2-4-7-16)19-12-18(26)9-10-20(19)28-25(24)32/h2-12,14,22H,13H2,1H3,(H,28,32). The zero-order chi connectivity index (χ0) is 22.2. The molecular formula is C25H19ClN4O2. The first kappa shape index (κ1) is 20.2. The number of aromatic amines is 1. The molecule has 0 saturated heterocycles. The first-order chi connectivity index (χ1) is 15.5. The minimum Gasteiger partial charge on any atom is -0.321 e. The number of amides is 1. The Bertz CT molecular complexity index is 1410. The quantitative estimate of drug-likeness (QED) is 0.488. The smallest absolute Gasteiger partial charge is 0.258 e. The lowest BCUT2D eigenvalue weighted by molar-refractivity contribution is -0.130. The van der Waals surface area contributed by atoms with Gasteiger partial charge in [0.05, 0.1) is 17.3 Å².